The van der Waals surface area contributed by atoms with E-state index in [1.54, 1.807) is 4.52 Å². The van der Waals surface area contributed by atoms with E-state index in [1.807, 2.05) is 20.8 Å². The van der Waals surface area contributed by atoms with Crippen LogP contribution in [0.1, 0.15) is 33.6 Å². The zero-order valence-electron chi connectivity index (χ0n) is 16.8. The Morgan fingerprint density at radius 3 is 2.76 bits per heavy atom. The zero-order valence-corrected chi connectivity index (χ0v) is 18.4. The van der Waals surface area contributed by atoms with Gasteiger partial charge >= 0.3 is 6.09 Å². The van der Waals surface area contributed by atoms with Gasteiger partial charge in [-0.15, -0.1) is 0 Å². The predicted molar refractivity (Wildman–Crippen MR) is 111 cm³/mol. The Morgan fingerprint density at radius 2 is 2.14 bits per heavy atom. The Labute approximate surface area is 177 Å². The van der Waals surface area contributed by atoms with Crippen molar-refractivity contribution in [3.63, 3.8) is 0 Å². The summed E-state index contributed by atoms with van der Waals surface area (Å²) in [7, 11) is 0. The summed E-state index contributed by atoms with van der Waals surface area (Å²) in [6, 6.07) is 0.0695. The van der Waals surface area contributed by atoms with E-state index in [2.05, 4.69) is 41.2 Å². The molecule has 4 rings (SSSR count). The Morgan fingerprint density at radius 1 is 1.41 bits per heavy atom. The summed E-state index contributed by atoms with van der Waals surface area (Å²) in [6.07, 6.45) is 2.72. The fourth-order valence-electron chi connectivity index (χ4n) is 3.88. The molecule has 29 heavy (non-hydrogen) atoms. The van der Waals surface area contributed by atoms with Crippen LogP contribution >= 0.6 is 15.9 Å². The van der Waals surface area contributed by atoms with Crippen molar-refractivity contribution in [3.05, 3.63) is 10.9 Å². The van der Waals surface area contributed by atoms with Gasteiger partial charge in [-0.05, 0) is 49.5 Å². The van der Waals surface area contributed by atoms with Crippen molar-refractivity contribution in [1.29, 1.82) is 0 Å². The van der Waals surface area contributed by atoms with Gasteiger partial charge in [-0.1, -0.05) is 0 Å². The third-order valence-corrected chi connectivity index (χ3v) is 6.21. The number of carbonyl (C=O) groups is 1. The van der Waals surface area contributed by atoms with Gasteiger partial charge in [0.05, 0.1) is 13.2 Å². The van der Waals surface area contributed by atoms with Gasteiger partial charge in [0.25, 0.3) is 0 Å². The van der Waals surface area contributed by atoms with Crippen LogP contribution in [0.15, 0.2) is 10.9 Å². The average molecular weight is 468 g/mol. The van der Waals surface area contributed by atoms with Gasteiger partial charge in [0, 0.05) is 24.5 Å². The molecule has 0 aliphatic carbocycles. The van der Waals surface area contributed by atoms with E-state index >= 15 is 0 Å². The molecule has 11 heteroatoms. The zero-order chi connectivity index (χ0) is 20.8. The van der Waals surface area contributed by atoms with Crippen LogP contribution in [-0.4, -0.2) is 63.6 Å². The van der Waals surface area contributed by atoms with Crippen LogP contribution in [-0.2, 0) is 9.47 Å². The molecule has 1 spiro atoms. The number of carbonyl (C=O) groups excluding carboxylic acids is 1. The van der Waals surface area contributed by atoms with Crippen LogP contribution in [0.4, 0.5) is 16.4 Å². The number of aromatic nitrogens is 4. The molecular weight excluding hydrogens is 442 g/mol. The van der Waals surface area contributed by atoms with E-state index < -0.39 is 11.7 Å². The lowest BCUT2D eigenvalue weighted by Gasteiger charge is -2.41. The van der Waals surface area contributed by atoms with Crippen molar-refractivity contribution in [2.75, 3.05) is 36.5 Å². The molecule has 0 unspecified atom stereocenters. The van der Waals surface area contributed by atoms with Gasteiger partial charge in [0.2, 0.25) is 0 Å². The van der Waals surface area contributed by atoms with Crippen molar-refractivity contribution in [2.45, 2.75) is 45.3 Å². The quantitative estimate of drug-likeness (QED) is 0.689. The van der Waals surface area contributed by atoms with Crippen molar-refractivity contribution in [1.82, 2.24) is 19.6 Å². The molecule has 10 nitrogen and oxygen atoms in total. The first-order valence-electron chi connectivity index (χ1n) is 9.66. The highest BCUT2D eigenvalue weighted by Crippen LogP contribution is 2.40. The molecule has 0 radical (unpaired) electrons. The van der Waals surface area contributed by atoms with Crippen LogP contribution in [0.3, 0.4) is 0 Å². The molecule has 0 bridgehead atoms. The second-order valence-corrected chi connectivity index (χ2v) is 9.42. The number of fused-ring (bicyclic) bond motifs is 1. The molecule has 1 atom stereocenters. The summed E-state index contributed by atoms with van der Waals surface area (Å²) < 4.78 is 13.1. The number of piperidine rings is 1. The monoisotopic (exact) mass is 467 g/mol. The molecule has 2 aromatic heterocycles. The topological polar surface area (TPSA) is 120 Å². The molecule has 0 saturated carbocycles. The molecule has 0 aromatic carbocycles. The summed E-state index contributed by atoms with van der Waals surface area (Å²) in [5.74, 6) is 0.993. The summed E-state index contributed by atoms with van der Waals surface area (Å²) in [6.45, 7) is 8.31. The molecule has 1 amide bonds. The lowest BCUT2D eigenvalue weighted by molar-refractivity contribution is 0.0635. The van der Waals surface area contributed by atoms with Gasteiger partial charge in [0.1, 0.15) is 11.9 Å². The third kappa shape index (κ3) is 3.90. The van der Waals surface area contributed by atoms with Crippen LogP contribution in [0.2, 0.25) is 0 Å². The number of nitrogens with zero attached hydrogens (tertiary/aromatic N) is 5. The molecule has 3 N–H and O–H groups in total. The summed E-state index contributed by atoms with van der Waals surface area (Å²) in [5.41, 5.74) is 6.34. The highest BCUT2D eigenvalue weighted by atomic mass is 79.9. The van der Waals surface area contributed by atoms with E-state index in [9.17, 15) is 4.79 Å². The number of ether oxygens (including phenoxy) is 2. The molecule has 2 fully saturated rings. The van der Waals surface area contributed by atoms with E-state index in [4.69, 9.17) is 15.2 Å². The first-order valence-corrected chi connectivity index (χ1v) is 10.5. The lowest BCUT2D eigenvalue weighted by atomic mass is 9.75. The second-order valence-electron chi connectivity index (χ2n) is 8.67. The van der Waals surface area contributed by atoms with Gasteiger partial charge in [-0.2, -0.15) is 9.61 Å². The maximum atomic E-state index is 12.3. The number of amides is 1. The SMILES string of the molecule is CC(C)(C)OC(=O)Nc1nc(N2CCC3(CC2)COC[C@H]3N)c2ncnn2c1Br. The molecule has 2 saturated heterocycles. The lowest BCUT2D eigenvalue weighted by Crippen LogP contribution is -2.49. The van der Waals surface area contributed by atoms with Crippen molar-refractivity contribution in [2.24, 2.45) is 11.1 Å². The number of anilines is 2. The molecule has 2 aliphatic heterocycles. The maximum absolute atomic E-state index is 12.3. The minimum absolute atomic E-state index is 0.0351. The Hall–Kier alpha value is -1.98. The molecule has 4 heterocycles. The highest BCUT2D eigenvalue weighted by Gasteiger charge is 2.44. The number of halogens is 1. The summed E-state index contributed by atoms with van der Waals surface area (Å²) in [5, 5.41) is 6.97. The normalized spacial score (nSPS) is 21.7. The highest BCUT2D eigenvalue weighted by molar-refractivity contribution is 9.10. The Balaban J connectivity index is 1.60. The van der Waals surface area contributed by atoms with Crippen molar-refractivity contribution < 1.29 is 14.3 Å². The number of nitrogens with two attached hydrogens (primary N) is 1. The van der Waals surface area contributed by atoms with Crippen molar-refractivity contribution >= 4 is 39.3 Å². The van der Waals surface area contributed by atoms with E-state index in [0.29, 0.717) is 35.1 Å². The maximum Gasteiger partial charge on any atom is 0.413 e. The van der Waals surface area contributed by atoms with Gasteiger partial charge in [-0.3, -0.25) is 5.32 Å². The summed E-state index contributed by atoms with van der Waals surface area (Å²) >= 11 is 3.46. The average Bonchev–Trinajstić information content (AvgIpc) is 3.25. The van der Waals surface area contributed by atoms with E-state index in [0.717, 1.165) is 25.9 Å². The molecular formula is C18H26BrN7O3. The van der Waals surface area contributed by atoms with Crippen molar-refractivity contribution in [3.8, 4) is 0 Å². The fraction of sp³-hybridized carbons (Fsp3) is 0.667. The van der Waals surface area contributed by atoms with Gasteiger partial charge in [0.15, 0.2) is 21.9 Å². The Kier molecular flexibility index (Phi) is 5.16. The third-order valence-electron chi connectivity index (χ3n) is 5.50. The summed E-state index contributed by atoms with van der Waals surface area (Å²) in [4.78, 5) is 23.5. The molecule has 2 aromatic rings. The minimum atomic E-state index is -0.611. The van der Waals surface area contributed by atoms with Crippen LogP contribution in [0, 0.1) is 5.41 Å². The number of rotatable bonds is 2. The number of hydrogen-bond acceptors (Lipinski definition) is 8. The first-order chi connectivity index (χ1) is 13.7. The smallest absolute Gasteiger partial charge is 0.413 e. The van der Waals surface area contributed by atoms with Gasteiger partial charge < -0.3 is 20.1 Å². The minimum Gasteiger partial charge on any atom is -0.444 e. The van der Waals surface area contributed by atoms with E-state index in [1.165, 1.54) is 6.33 Å². The number of nitrogens with one attached hydrogen (secondary N) is 1. The first kappa shape index (κ1) is 20.3. The van der Waals surface area contributed by atoms with Crippen LogP contribution in [0.5, 0.6) is 0 Å². The molecule has 158 valence electrons. The Bertz CT molecular complexity index is 918. The standard InChI is InChI=1S/C18H26BrN7O3/c1-17(2,3)29-16(27)24-13-12(19)26-14(21-10-22-26)15(23-13)25-6-4-18(5-7-25)9-28-8-11(18)20/h10-11H,4-9,20H2,1-3H3,(H,24,27)/t11-/m1/s1. The van der Waals surface area contributed by atoms with E-state index in [-0.39, 0.29) is 11.5 Å². The molecule has 2 aliphatic rings. The largest absolute Gasteiger partial charge is 0.444 e. The fourth-order valence-corrected chi connectivity index (χ4v) is 4.33. The van der Waals surface area contributed by atoms with Crippen LogP contribution in [0.25, 0.3) is 5.65 Å². The second kappa shape index (κ2) is 7.37. The van der Waals surface area contributed by atoms with Gasteiger partial charge in [-0.25, -0.2) is 14.8 Å². The predicted octanol–water partition coefficient (Wildman–Crippen LogP) is 2.18. The number of hydrogen-bond donors (Lipinski definition) is 2. The van der Waals surface area contributed by atoms with Crippen LogP contribution < -0.4 is 16.0 Å².